The average molecular weight is 202 g/mol. The van der Waals surface area contributed by atoms with Gasteiger partial charge < -0.3 is 0 Å². The number of hydrogen-bond acceptors (Lipinski definition) is 0. The van der Waals surface area contributed by atoms with Crippen LogP contribution in [0.2, 0.25) is 0 Å². The van der Waals surface area contributed by atoms with Gasteiger partial charge >= 0.3 is 0 Å². The lowest BCUT2D eigenvalue weighted by Crippen LogP contribution is -2.49. The molecule has 4 heteroatoms. The van der Waals surface area contributed by atoms with Crippen molar-refractivity contribution in [2.24, 2.45) is 0 Å². The van der Waals surface area contributed by atoms with Crippen molar-refractivity contribution in [1.82, 2.24) is 9.13 Å². The van der Waals surface area contributed by atoms with Gasteiger partial charge in [-0.25, -0.2) is 9.13 Å². The lowest BCUT2D eigenvalue weighted by Gasteiger charge is -1.90. The minimum Gasteiger partial charge on any atom is -0.210 e. The van der Waals surface area contributed by atoms with E-state index in [9.17, 15) is 0 Å². The van der Waals surface area contributed by atoms with E-state index in [2.05, 4.69) is 22.3 Å². The summed E-state index contributed by atoms with van der Waals surface area (Å²) in [4.78, 5) is 0. The predicted octanol–water partition coefficient (Wildman–Crippen LogP) is 0.571. The Kier molecular flexibility index (Phi) is 2.49. The lowest BCUT2D eigenvalue weighted by atomic mass is 10.8. The van der Waals surface area contributed by atoms with E-state index in [4.69, 9.17) is 0 Å². The quantitative estimate of drug-likeness (QED) is 0.645. The third-order valence-electron chi connectivity index (χ3n) is 2.17. The van der Waals surface area contributed by atoms with Gasteiger partial charge in [0.2, 0.25) is 6.67 Å². The summed E-state index contributed by atoms with van der Waals surface area (Å²) in [5, 5.41) is 0. The first-order valence-corrected chi connectivity index (χ1v) is 4.70. The van der Waals surface area contributed by atoms with E-state index in [1.807, 2.05) is 46.6 Å². The second-order valence-corrected chi connectivity index (χ2v) is 3.26. The Bertz CT molecular complexity index is 434. The highest BCUT2D eigenvalue weighted by atomic mass is 15.2. The molecule has 0 unspecified atom stereocenters. The molecule has 2 heterocycles. The van der Waals surface area contributed by atoms with E-state index >= 15 is 0 Å². The molecule has 0 fully saturated rings. The SMILES string of the molecule is C=Cn1cc[n+](C[n+]2ccn(C=C)c2)c1. The van der Waals surface area contributed by atoms with E-state index < -0.39 is 0 Å². The van der Waals surface area contributed by atoms with Crippen LogP contribution in [-0.4, -0.2) is 9.13 Å². The van der Waals surface area contributed by atoms with Gasteiger partial charge in [0.25, 0.3) is 12.7 Å². The highest BCUT2D eigenvalue weighted by Gasteiger charge is 2.06. The molecule has 15 heavy (non-hydrogen) atoms. The second kappa shape index (κ2) is 3.96. The van der Waals surface area contributed by atoms with Crippen LogP contribution in [0.1, 0.15) is 0 Å². The van der Waals surface area contributed by atoms with Crippen LogP contribution in [-0.2, 0) is 6.67 Å². The molecule has 76 valence electrons. The maximum atomic E-state index is 3.69. The number of aromatic nitrogens is 4. The maximum absolute atomic E-state index is 3.69. The fourth-order valence-corrected chi connectivity index (χ4v) is 1.39. The van der Waals surface area contributed by atoms with E-state index in [0.29, 0.717) is 0 Å². The van der Waals surface area contributed by atoms with E-state index in [1.165, 1.54) is 0 Å². The smallest absolute Gasteiger partial charge is 0.210 e. The molecule has 0 amide bonds. The third-order valence-corrected chi connectivity index (χ3v) is 2.17. The Labute approximate surface area is 88.6 Å². The van der Waals surface area contributed by atoms with Crippen molar-refractivity contribution < 1.29 is 9.13 Å². The van der Waals surface area contributed by atoms with Crippen LogP contribution in [0.3, 0.4) is 0 Å². The highest BCUT2D eigenvalue weighted by Crippen LogP contribution is 1.84. The molecule has 0 aliphatic heterocycles. The number of nitrogens with zero attached hydrogens (tertiary/aromatic N) is 4. The van der Waals surface area contributed by atoms with Crippen LogP contribution in [0.25, 0.3) is 12.4 Å². The Morgan fingerprint density at radius 3 is 1.73 bits per heavy atom. The van der Waals surface area contributed by atoms with Crippen molar-refractivity contribution in [3.8, 4) is 0 Å². The standard InChI is InChI=1S/C11H14N4/c1-3-12-5-7-14(9-12)11-15-8-6-13(4-2)10-15/h3-10H,1-2,11H2/q+2. The first-order chi connectivity index (χ1) is 7.31. The van der Waals surface area contributed by atoms with Crippen molar-refractivity contribution in [1.29, 1.82) is 0 Å². The van der Waals surface area contributed by atoms with E-state index in [-0.39, 0.29) is 0 Å². The Morgan fingerprint density at radius 1 is 0.933 bits per heavy atom. The third kappa shape index (κ3) is 2.04. The largest absolute Gasteiger partial charge is 0.251 e. The molecule has 2 rings (SSSR count). The molecule has 2 aromatic heterocycles. The van der Waals surface area contributed by atoms with Gasteiger partial charge in [-0.15, -0.1) is 0 Å². The van der Waals surface area contributed by atoms with Gasteiger partial charge in [-0.05, 0) is 0 Å². The summed E-state index contributed by atoms with van der Waals surface area (Å²) in [6, 6.07) is 0. The minimum absolute atomic E-state index is 0.779. The summed E-state index contributed by atoms with van der Waals surface area (Å²) in [5.74, 6) is 0. The molecule has 0 N–H and O–H groups in total. The summed E-state index contributed by atoms with van der Waals surface area (Å²) in [6.07, 6.45) is 15.4. The van der Waals surface area contributed by atoms with Crippen molar-refractivity contribution in [3.05, 3.63) is 50.6 Å². The Hall–Kier alpha value is -2.10. The van der Waals surface area contributed by atoms with Gasteiger partial charge in [-0.1, -0.05) is 13.2 Å². The molecule has 0 saturated carbocycles. The van der Waals surface area contributed by atoms with Crippen LogP contribution in [0.4, 0.5) is 0 Å². The average Bonchev–Trinajstić information content (AvgIpc) is 2.87. The van der Waals surface area contributed by atoms with Gasteiger partial charge in [0.05, 0.1) is 12.4 Å². The number of imidazole rings is 2. The Balaban J connectivity index is 2.13. The molecule has 0 aliphatic carbocycles. The molecule has 2 aromatic rings. The zero-order valence-electron chi connectivity index (χ0n) is 8.53. The van der Waals surface area contributed by atoms with Crippen LogP contribution in [0.15, 0.2) is 50.6 Å². The highest BCUT2D eigenvalue weighted by molar-refractivity contribution is 5.13. The topological polar surface area (TPSA) is 17.6 Å². The fourth-order valence-electron chi connectivity index (χ4n) is 1.39. The number of hydrogen-bond donors (Lipinski definition) is 0. The summed E-state index contributed by atoms with van der Waals surface area (Å²) >= 11 is 0. The number of rotatable bonds is 4. The molecular weight excluding hydrogens is 188 g/mol. The van der Waals surface area contributed by atoms with Gasteiger partial charge in [0, 0.05) is 0 Å². The van der Waals surface area contributed by atoms with Crippen molar-refractivity contribution in [2.75, 3.05) is 0 Å². The van der Waals surface area contributed by atoms with Gasteiger partial charge in [0.15, 0.2) is 0 Å². The molecule has 4 nitrogen and oxygen atoms in total. The molecule has 0 spiro atoms. The van der Waals surface area contributed by atoms with Crippen LogP contribution in [0.5, 0.6) is 0 Å². The van der Waals surface area contributed by atoms with Crippen LogP contribution in [0, 0.1) is 0 Å². The summed E-state index contributed by atoms with van der Waals surface area (Å²) in [7, 11) is 0. The maximum Gasteiger partial charge on any atom is 0.251 e. The summed E-state index contributed by atoms with van der Waals surface area (Å²) in [5.41, 5.74) is 0. The Morgan fingerprint density at radius 2 is 1.40 bits per heavy atom. The first kappa shape index (κ1) is 9.45. The predicted molar refractivity (Wildman–Crippen MR) is 57.4 cm³/mol. The van der Waals surface area contributed by atoms with Gasteiger partial charge in [0.1, 0.15) is 24.8 Å². The van der Waals surface area contributed by atoms with Crippen molar-refractivity contribution in [3.63, 3.8) is 0 Å². The lowest BCUT2D eigenvalue weighted by molar-refractivity contribution is -0.912. The zero-order valence-corrected chi connectivity index (χ0v) is 8.53. The molecule has 0 aliphatic rings. The second-order valence-electron chi connectivity index (χ2n) is 3.26. The van der Waals surface area contributed by atoms with Gasteiger partial charge in [-0.2, -0.15) is 9.13 Å². The van der Waals surface area contributed by atoms with E-state index in [0.717, 1.165) is 6.67 Å². The van der Waals surface area contributed by atoms with Crippen molar-refractivity contribution in [2.45, 2.75) is 6.67 Å². The van der Waals surface area contributed by atoms with E-state index in [1.54, 1.807) is 12.4 Å². The normalized spacial score (nSPS) is 10.1. The molecule has 0 radical (unpaired) electrons. The first-order valence-electron chi connectivity index (χ1n) is 4.70. The molecule has 0 saturated heterocycles. The molecule has 0 atom stereocenters. The zero-order chi connectivity index (χ0) is 10.7. The van der Waals surface area contributed by atoms with Crippen molar-refractivity contribution >= 4 is 12.4 Å². The molecule has 0 aromatic carbocycles. The summed E-state index contributed by atoms with van der Waals surface area (Å²) in [6.45, 7) is 8.17. The monoisotopic (exact) mass is 202 g/mol. The van der Waals surface area contributed by atoms with Crippen LogP contribution < -0.4 is 9.13 Å². The molecule has 0 bridgehead atoms. The summed E-state index contributed by atoms with van der Waals surface area (Å²) < 4.78 is 7.94. The molecular formula is C11H14N4+2. The fraction of sp³-hybridized carbons (Fsp3) is 0.0909. The van der Waals surface area contributed by atoms with Gasteiger partial charge in [-0.3, -0.25) is 0 Å². The minimum atomic E-state index is 0.779. The van der Waals surface area contributed by atoms with Crippen LogP contribution >= 0.6 is 0 Å².